The van der Waals surface area contributed by atoms with Crippen LogP contribution in [0.5, 0.6) is 5.75 Å². The first kappa shape index (κ1) is 35.7. The topological polar surface area (TPSA) is 59.9 Å². The van der Waals surface area contributed by atoms with E-state index in [1.807, 2.05) is 52.3 Å². The van der Waals surface area contributed by atoms with Crippen molar-refractivity contribution in [1.29, 1.82) is 0 Å². The Morgan fingerprint density at radius 1 is 1.05 bits per heavy atom. The van der Waals surface area contributed by atoms with Gasteiger partial charge in [-0.3, -0.25) is 9.79 Å². The number of ether oxygens (including phenoxy) is 2. The van der Waals surface area contributed by atoms with E-state index in [2.05, 4.69) is 78.8 Å². The predicted molar refractivity (Wildman–Crippen MR) is 185 cm³/mol. The molecule has 0 bridgehead atoms. The smallest absolute Gasteiger partial charge is 0.163 e. The molecule has 43 heavy (non-hydrogen) atoms. The highest BCUT2D eigenvalue weighted by atomic mass is 16.5. The summed E-state index contributed by atoms with van der Waals surface area (Å²) < 4.78 is 10.8. The molecule has 0 saturated carbocycles. The zero-order chi connectivity index (χ0) is 31.5. The van der Waals surface area contributed by atoms with Crippen LogP contribution in [0.4, 0.5) is 0 Å². The third-order valence-corrected chi connectivity index (χ3v) is 7.29. The van der Waals surface area contributed by atoms with Gasteiger partial charge < -0.3 is 14.8 Å². The summed E-state index contributed by atoms with van der Waals surface area (Å²) in [6, 6.07) is 14.3. The number of nitrogens with zero attached hydrogens (tertiary/aromatic N) is 1. The molecule has 1 atom stereocenters. The molecule has 0 saturated heterocycles. The normalized spacial score (nSPS) is 15.0. The number of ketones is 1. The molecule has 0 amide bonds. The van der Waals surface area contributed by atoms with Crippen LogP contribution in [0.15, 0.2) is 89.6 Å². The summed E-state index contributed by atoms with van der Waals surface area (Å²) >= 11 is 0. The molecule has 5 nitrogen and oxygen atoms in total. The van der Waals surface area contributed by atoms with E-state index in [4.69, 9.17) is 9.47 Å². The number of carbonyl (C=O) groups is 1. The molecule has 2 aliphatic rings. The van der Waals surface area contributed by atoms with Crippen molar-refractivity contribution in [3.05, 3.63) is 107 Å². The van der Waals surface area contributed by atoms with Crippen molar-refractivity contribution in [2.75, 3.05) is 34.4 Å². The Bertz CT molecular complexity index is 1290. The van der Waals surface area contributed by atoms with Gasteiger partial charge in [0.2, 0.25) is 0 Å². The van der Waals surface area contributed by atoms with E-state index in [1.54, 1.807) is 7.11 Å². The Morgan fingerprint density at radius 2 is 1.77 bits per heavy atom. The number of nitrogens with one attached hydrogen (secondary N) is 1. The number of unbranched alkanes of at least 4 members (excludes halogenated alkanes) is 2. The van der Waals surface area contributed by atoms with Gasteiger partial charge in [0.05, 0.1) is 12.8 Å². The first-order valence-corrected chi connectivity index (χ1v) is 15.6. The highest BCUT2D eigenvalue weighted by Gasteiger charge is 2.26. The Labute approximate surface area is 262 Å². The fourth-order valence-corrected chi connectivity index (χ4v) is 4.89. The summed E-state index contributed by atoms with van der Waals surface area (Å²) in [6.07, 6.45) is 18.5. The molecule has 4 rings (SSSR count). The van der Waals surface area contributed by atoms with Gasteiger partial charge in [-0.25, -0.2) is 0 Å². The van der Waals surface area contributed by atoms with Gasteiger partial charge in [0.1, 0.15) is 5.75 Å². The average molecular weight is 587 g/mol. The minimum Gasteiger partial charge on any atom is -0.497 e. The molecule has 0 fully saturated rings. The van der Waals surface area contributed by atoms with Crippen molar-refractivity contribution in [3.63, 3.8) is 0 Å². The van der Waals surface area contributed by atoms with Gasteiger partial charge in [-0.2, -0.15) is 0 Å². The molecule has 2 aromatic carbocycles. The Hall–Kier alpha value is -3.54. The van der Waals surface area contributed by atoms with Crippen LogP contribution in [0.25, 0.3) is 5.57 Å². The van der Waals surface area contributed by atoms with E-state index in [0.29, 0.717) is 18.9 Å². The number of carbonyl (C=O) groups excluding carboxylic acids is 1. The van der Waals surface area contributed by atoms with Crippen LogP contribution in [-0.4, -0.2) is 45.9 Å². The molecular weight excluding hydrogens is 532 g/mol. The first-order chi connectivity index (χ1) is 20.9. The number of aryl methyl sites for hydroxylation is 2. The van der Waals surface area contributed by atoms with Gasteiger partial charge in [-0.05, 0) is 107 Å². The van der Waals surface area contributed by atoms with E-state index in [-0.39, 0.29) is 7.21 Å². The fraction of sp³-hybridized carbons (Fsp3) is 0.421. The lowest BCUT2D eigenvalue weighted by Gasteiger charge is -2.17. The van der Waals surface area contributed by atoms with Crippen molar-refractivity contribution in [2.45, 2.75) is 66.2 Å². The first-order valence-electron chi connectivity index (χ1n) is 15.6. The number of Topliss-reactive ketones (excluding diaryl/α,β-unsaturated/α-hetero) is 1. The second-order valence-corrected chi connectivity index (χ2v) is 10.7. The third kappa shape index (κ3) is 11.9. The second kappa shape index (κ2) is 20.4. The van der Waals surface area contributed by atoms with Gasteiger partial charge in [0.15, 0.2) is 5.78 Å². The number of hydrogen-bond donors (Lipinski definition) is 1. The van der Waals surface area contributed by atoms with Gasteiger partial charge in [0, 0.05) is 38.7 Å². The zero-order valence-electron chi connectivity index (χ0n) is 27.4. The molecule has 0 aromatic heterocycles. The fourth-order valence-electron chi connectivity index (χ4n) is 4.89. The van der Waals surface area contributed by atoms with Crippen LogP contribution in [0.2, 0.25) is 0 Å². The lowest BCUT2D eigenvalue weighted by molar-refractivity contribution is 0.0933. The molecule has 1 unspecified atom stereocenters. The van der Waals surface area contributed by atoms with Gasteiger partial charge in [-0.1, -0.05) is 67.6 Å². The van der Waals surface area contributed by atoms with Crippen LogP contribution < -0.4 is 10.1 Å². The maximum Gasteiger partial charge on any atom is 0.163 e. The standard InChI is InChI=1S/C20H30O2.C16H15NO.C2H7N.H2/c1-4-6-7-8-9-14-22-15-10-11-20(21)19-13-12-18(5-2)16-17(19)3;1-11-4-3-5-14-15(10-17-16(11)14)12-6-8-13(18-2)9-7-12;1-3-2;/h4,6,12-13,16H,5,7-11,14-15H2,1-3H3;3-10,14H,1-2H3;3H,1-2H3;1H/b6-4-;;;. The molecular formula is C38H54N2O3. The number of benzene rings is 2. The van der Waals surface area contributed by atoms with E-state index in [9.17, 15) is 4.79 Å². The number of rotatable bonds is 13. The van der Waals surface area contributed by atoms with Crippen LogP contribution in [0.3, 0.4) is 0 Å². The Morgan fingerprint density at radius 3 is 2.42 bits per heavy atom. The quantitative estimate of drug-likeness (QED) is 0.145. The van der Waals surface area contributed by atoms with Gasteiger partial charge in [0.25, 0.3) is 0 Å². The Kier molecular flexibility index (Phi) is 16.9. The molecule has 1 aliphatic carbocycles. The second-order valence-electron chi connectivity index (χ2n) is 10.7. The predicted octanol–water partition coefficient (Wildman–Crippen LogP) is 8.99. The summed E-state index contributed by atoms with van der Waals surface area (Å²) in [5.41, 5.74) is 8.13. The molecule has 2 aromatic rings. The minimum atomic E-state index is 0. The van der Waals surface area contributed by atoms with E-state index in [0.717, 1.165) is 49.2 Å². The highest BCUT2D eigenvalue weighted by Crippen LogP contribution is 2.35. The largest absolute Gasteiger partial charge is 0.497 e. The number of aliphatic imine (C=N–C) groups is 1. The molecule has 5 heteroatoms. The molecule has 1 heterocycles. The number of fused-ring (bicyclic) bond motifs is 1. The van der Waals surface area contributed by atoms with E-state index < -0.39 is 0 Å². The van der Waals surface area contributed by atoms with Crippen molar-refractivity contribution >= 4 is 17.1 Å². The maximum absolute atomic E-state index is 12.2. The SMILES string of the molecule is C/C=C\CCCCOCCCC(=O)c1ccc(CC)cc1C.CNC.COc1ccc(C2=CN=C3C(C)=CC=CC23)cc1.[HH]. The van der Waals surface area contributed by atoms with Gasteiger partial charge >= 0.3 is 0 Å². The molecule has 1 aliphatic heterocycles. The van der Waals surface area contributed by atoms with Crippen LogP contribution >= 0.6 is 0 Å². The minimum absolute atomic E-state index is 0. The molecule has 1 N–H and O–H groups in total. The summed E-state index contributed by atoms with van der Waals surface area (Å²) in [6.45, 7) is 9.79. The van der Waals surface area contributed by atoms with Crippen molar-refractivity contribution in [1.82, 2.24) is 5.32 Å². The van der Waals surface area contributed by atoms with Gasteiger partial charge in [-0.15, -0.1) is 0 Å². The van der Waals surface area contributed by atoms with Crippen LogP contribution in [0.1, 0.15) is 81.4 Å². The van der Waals surface area contributed by atoms with Crippen molar-refractivity contribution < 1.29 is 15.7 Å². The summed E-state index contributed by atoms with van der Waals surface area (Å²) in [5.74, 6) is 1.42. The monoisotopic (exact) mass is 586 g/mol. The Balaban J connectivity index is 0.000000400. The molecule has 0 radical (unpaired) electrons. The van der Waals surface area contributed by atoms with E-state index in [1.165, 1.54) is 34.4 Å². The zero-order valence-corrected chi connectivity index (χ0v) is 27.4. The molecule has 234 valence electrons. The van der Waals surface area contributed by atoms with E-state index >= 15 is 0 Å². The molecule has 0 spiro atoms. The third-order valence-electron chi connectivity index (χ3n) is 7.29. The highest BCUT2D eigenvalue weighted by molar-refractivity contribution is 6.12. The number of hydrogen-bond acceptors (Lipinski definition) is 5. The van der Waals surface area contributed by atoms with Crippen LogP contribution in [-0.2, 0) is 11.2 Å². The summed E-state index contributed by atoms with van der Waals surface area (Å²) in [4.78, 5) is 16.8. The maximum atomic E-state index is 12.2. The average Bonchev–Trinajstić information content (AvgIpc) is 3.46. The van der Waals surface area contributed by atoms with Crippen LogP contribution in [0, 0.1) is 12.8 Å². The lowest BCUT2D eigenvalue weighted by Crippen LogP contribution is -2.14. The number of allylic oxidation sites excluding steroid dienone is 7. The lowest BCUT2D eigenvalue weighted by atomic mass is 9.85. The summed E-state index contributed by atoms with van der Waals surface area (Å²) in [5, 5.41) is 2.75. The van der Waals surface area contributed by atoms with Crippen molar-refractivity contribution in [2.24, 2.45) is 10.9 Å². The van der Waals surface area contributed by atoms with Crippen molar-refractivity contribution in [3.8, 4) is 5.75 Å². The summed E-state index contributed by atoms with van der Waals surface area (Å²) in [7, 11) is 5.43. The number of methoxy groups -OCH3 is 1.